The molecule has 1 nitrogen and oxygen atoms in total. The van der Waals surface area contributed by atoms with E-state index in [1.54, 1.807) is 0 Å². The van der Waals surface area contributed by atoms with Gasteiger partial charge in [0, 0.05) is 0 Å². The number of benzene rings is 1. The summed E-state index contributed by atoms with van der Waals surface area (Å²) < 4.78 is 0. The maximum absolute atomic E-state index is 9.49. The third-order valence-corrected chi connectivity index (χ3v) is 6.80. The van der Waals surface area contributed by atoms with Gasteiger partial charge in [-0.1, -0.05) is 64.0 Å². The molecule has 3 rings (SSSR count). The van der Waals surface area contributed by atoms with Crippen LogP contribution >= 0.6 is 0 Å². The van der Waals surface area contributed by atoms with Gasteiger partial charge in [0.05, 0.1) is 0 Å². The fourth-order valence-electron chi connectivity index (χ4n) is 5.33. The van der Waals surface area contributed by atoms with Gasteiger partial charge in [-0.2, -0.15) is 0 Å². The second-order valence-corrected chi connectivity index (χ2v) is 8.50. The van der Waals surface area contributed by atoms with Gasteiger partial charge in [0.25, 0.3) is 0 Å². The van der Waals surface area contributed by atoms with Crippen molar-refractivity contribution in [1.29, 1.82) is 0 Å². The molecule has 2 fully saturated rings. The molecule has 0 radical (unpaired) electrons. The van der Waals surface area contributed by atoms with Gasteiger partial charge in [-0.05, 0) is 73.5 Å². The highest BCUT2D eigenvalue weighted by Crippen LogP contribution is 2.48. The number of unbranched alkanes of at least 4 members (excludes halogenated alkanes) is 4. The Morgan fingerprint density at radius 1 is 0.833 bits per heavy atom. The molecule has 0 saturated heterocycles. The molecule has 24 heavy (non-hydrogen) atoms. The van der Waals surface area contributed by atoms with E-state index in [1.165, 1.54) is 82.6 Å². The van der Waals surface area contributed by atoms with Crippen LogP contribution in [0.15, 0.2) is 24.3 Å². The van der Waals surface area contributed by atoms with Gasteiger partial charge in [0.1, 0.15) is 5.75 Å². The molecule has 0 aliphatic heterocycles. The van der Waals surface area contributed by atoms with Gasteiger partial charge in [-0.25, -0.2) is 0 Å². The van der Waals surface area contributed by atoms with E-state index in [4.69, 9.17) is 0 Å². The Morgan fingerprint density at radius 2 is 1.54 bits per heavy atom. The van der Waals surface area contributed by atoms with Crippen molar-refractivity contribution in [3.05, 3.63) is 29.8 Å². The highest BCUT2D eigenvalue weighted by atomic mass is 16.3. The molecule has 1 N–H and O–H groups in total. The minimum atomic E-state index is 0.395. The van der Waals surface area contributed by atoms with Crippen molar-refractivity contribution in [2.45, 2.75) is 89.9 Å². The molecule has 0 amide bonds. The molecule has 0 bridgehead atoms. The van der Waals surface area contributed by atoms with Crippen molar-refractivity contribution in [1.82, 2.24) is 0 Å². The standard InChI is InChI=1S/C23H36O/c1-2-3-4-5-6-7-18-8-9-22-17-21(11-10-20(22)16-18)19-12-14-23(24)15-13-19/h12-15,18,20-22,24H,2-11,16-17H2,1H3/t18?,20-,21-,22-/m1/s1. The van der Waals surface area contributed by atoms with Crippen LogP contribution in [0.25, 0.3) is 0 Å². The first-order chi connectivity index (χ1) is 11.8. The molecule has 2 aliphatic carbocycles. The van der Waals surface area contributed by atoms with Crippen LogP contribution in [0.2, 0.25) is 0 Å². The van der Waals surface area contributed by atoms with Crippen LogP contribution in [0.3, 0.4) is 0 Å². The van der Waals surface area contributed by atoms with Crippen LogP contribution in [-0.4, -0.2) is 5.11 Å². The minimum Gasteiger partial charge on any atom is -0.508 e. The van der Waals surface area contributed by atoms with E-state index >= 15 is 0 Å². The predicted octanol–water partition coefficient (Wildman–Crippen LogP) is 7.05. The third-order valence-electron chi connectivity index (χ3n) is 6.80. The molecule has 2 aliphatic rings. The highest BCUT2D eigenvalue weighted by Gasteiger charge is 2.35. The fourth-order valence-corrected chi connectivity index (χ4v) is 5.33. The SMILES string of the molecule is CCCCCCCC1CC[C@@H]2C[C@H](c3ccc(O)cc3)CC[C@@H]2C1. The van der Waals surface area contributed by atoms with Crippen LogP contribution < -0.4 is 0 Å². The summed E-state index contributed by atoms with van der Waals surface area (Å²) in [6.45, 7) is 2.30. The summed E-state index contributed by atoms with van der Waals surface area (Å²) in [5.41, 5.74) is 1.45. The summed E-state index contributed by atoms with van der Waals surface area (Å²) in [6.07, 6.45) is 17.3. The van der Waals surface area contributed by atoms with Gasteiger partial charge in [0.15, 0.2) is 0 Å². The number of phenols is 1. The van der Waals surface area contributed by atoms with Crippen molar-refractivity contribution in [2.24, 2.45) is 17.8 Å². The Bertz CT molecular complexity index is 477. The summed E-state index contributed by atoms with van der Waals surface area (Å²) in [5.74, 6) is 4.13. The summed E-state index contributed by atoms with van der Waals surface area (Å²) >= 11 is 0. The van der Waals surface area contributed by atoms with Gasteiger partial charge in [-0.3, -0.25) is 0 Å². The molecule has 134 valence electrons. The zero-order chi connectivity index (χ0) is 16.8. The average Bonchev–Trinajstić information content (AvgIpc) is 2.62. The third kappa shape index (κ3) is 4.77. The Morgan fingerprint density at radius 3 is 2.33 bits per heavy atom. The largest absolute Gasteiger partial charge is 0.508 e. The summed E-state index contributed by atoms with van der Waals surface area (Å²) in [7, 11) is 0. The van der Waals surface area contributed by atoms with E-state index in [0.29, 0.717) is 5.75 Å². The van der Waals surface area contributed by atoms with Crippen molar-refractivity contribution >= 4 is 0 Å². The number of hydrogen-bond acceptors (Lipinski definition) is 1. The van der Waals surface area contributed by atoms with Crippen LogP contribution in [0.1, 0.15) is 95.5 Å². The lowest BCUT2D eigenvalue weighted by Gasteiger charge is -2.42. The Kier molecular flexibility index (Phi) is 6.63. The Hall–Kier alpha value is -0.980. The quantitative estimate of drug-likeness (QED) is 0.531. The molecule has 1 unspecified atom stereocenters. The van der Waals surface area contributed by atoms with Crippen LogP contribution in [-0.2, 0) is 0 Å². The van der Waals surface area contributed by atoms with Crippen LogP contribution in [0, 0.1) is 17.8 Å². The summed E-state index contributed by atoms with van der Waals surface area (Å²) in [4.78, 5) is 0. The lowest BCUT2D eigenvalue weighted by molar-refractivity contribution is 0.113. The van der Waals surface area contributed by atoms with Gasteiger partial charge in [0.2, 0.25) is 0 Å². The van der Waals surface area contributed by atoms with E-state index in [1.807, 2.05) is 12.1 Å². The first-order valence-electron chi connectivity index (χ1n) is 10.5. The van der Waals surface area contributed by atoms with E-state index in [9.17, 15) is 5.11 Å². The first kappa shape index (κ1) is 17.8. The second kappa shape index (κ2) is 8.92. The lowest BCUT2D eigenvalue weighted by Crippen LogP contribution is -2.30. The molecular weight excluding hydrogens is 292 g/mol. The van der Waals surface area contributed by atoms with Crippen molar-refractivity contribution in [2.75, 3.05) is 0 Å². The average molecular weight is 329 g/mol. The van der Waals surface area contributed by atoms with Crippen molar-refractivity contribution in [3.8, 4) is 5.75 Å². The topological polar surface area (TPSA) is 20.2 Å². The van der Waals surface area contributed by atoms with E-state index in [2.05, 4.69) is 19.1 Å². The highest BCUT2D eigenvalue weighted by molar-refractivity contribution is 5.28. The predicted molar refractivity (Wildman–Crippen MR) is 102 cm³/mol. The van der Waals surface area contributed by atoms with Gasteiger partial charge < -0.3 is 5.11 Å². The maximum Gasteiger partial charge on any atom is 0.115 e. The summed E-state index contributed by atoms with van der Waals surface area (Å²) in [6, 6.07) is 8.00. The van der Waals surface area contributed by atoms with Crippen LogP contribution in [0.5, 0.6) is 5.75 Å². The molecule has 1 heteroatoms. The minimum absolute atomic E-state index is 0.395. The first-order valence-corrected chi connectivity index (χ1v) is 10.5. The molecular formula is C23H36O. The van der Waals surface area contributed by atoms with E-state index in [0.717, 1.165) is 23.7 Å². The molecule has 0 spiro atoms. The Balaban J connectivity index is 1.43. The maximum atomic E-state index is 9.49. The normalized spacial score (nSPS) is 30.0. The second-order valence-electron chi connectivity index (χ2n) is 8.50. The zero-order valence-corrected chi connectivity index (χ0v) is 15.6. The lowest BCUT2D eigenvalue weighted by atomic mass is 9.63. The molecule has 1 aromatic carbocycles. The number of phenolic OH excluding ortho intramolecular Hbond substituents is 1. The van der Waals surface area contributed by atoms with Gasteiger partial charge in [-0.15, -0.1) is 0 Å². The smallest absolute Gasteiger partial charge is 0.115 e. The molecule has 0 heterocycles. The molecule has 1 aromatic rings. The number of fused-ring (bicyclic) bond motifs is 1. The number of hydrogen-bond donors (Lipinski definition) is 1. The zero-order valence-electron chi connectivity index (χ0n) is 15.6. The number of aromatic hydroxyl groups is 1. The van der Waals surface area contributed by atoms with Gasteiger partial charge >= 0.3 is 0 Å². The van der Waals surface area contributed by atoms with Crippen molar-refractivity contribution < 1.29 is 5.11 Å². The number of rotatable bonds is 7. The molecule has 4 atom stereocenters. The van der Waals surface area contributed by atoms with Crippen LogP contribution in [0.4, 0.5) is 0 Å². The van der Waals surface area contributed by atoms with E-state index < -0.39 is 0 Å². The Labute approximate surface area is 148 Å². The fraction of sp³-hybridized carbons (Fsp3) is 0.739. The molecule has 0 aromatic heterocycles. The molecule has 2 saturated carbocycles. The van der Waals surface area contributed by atoms with E-state index in [-0.39, 0.29) is 0 Å². The summed E-state index contributed by atoms with van der Waals surface area (Å²) in [5, 5.41) is 9.49. The van der Waals surface area contributed by atoms with Crippen molar-refractivity contribution in [3.63, 3.8) is 0 Å². The monoisotopic (exact) mass is 328 g/mol.